The Labute approximate surface area is 119 Å². The molecule has 19 heavy (non-hydrogen) atoms. The first-order valence-corrected chi connectivity index (χ1v) is 7.68. The first-order chi connectivity index (χ1) is 9.06. The van der Waals surface area contributed by atoms with Gasteiger partial charge in [-0.05, 0) is 23.0 Å². The Morgan fingerprint density at radius 2 is 1.79 bits per heavy atom. The molecule has 0 unspecified atom stereocenters. The molecule has 1 aromatic carbocycles. The molecule has 2 aromatic rings. The monoisotopic (exact) mass is 274 g/mol. The Bertz CT molecular complexity index is 512. The summed E-state index contributed by atoms with van der Waals surface area (Å²) < 4.78 is 0. The quantitative estimate of drug-likeness (QED) is 0.829. The van der Waals surface area contributed by atoms with Crippen molar-refractivity contribution in [3.8, 4) is 10.4 Å². The molecule has 3 heteroatoms. The van der Waals surface area contributed by atoms with Crippen molar-refractivity contribution in [2.75, 3.05) is 11.9 Å². The van der Waals surface area contributed by atoms with E-state index in [1.54, 1.807) is 11.3 Å². The summed E-state index contributed by atoms with van der Waals surface area (Å²) in [5.41, 5.74) is 2.63. The van der Waals surface area contributed by atoms with Crippen LogP contribution in [0.15, 0.2) is 30.5 Å². The first-order valence-electron chi connectivity index (χ1n) is 6.86. The second-order valence-electron chi connectivity index (χ2n) is 5.58. The van der Waals surface area contributed by atoms with Gasteiger partial charge in [0.2, 0.25) is 0 Å². The van der Waals surface area contributed by atoms with Crippen LogP contribution < -0.4 is 5.32 Å². The van der Waals surface area contributed by atoms with E-state index in [-0.39, 0.29) is 0 Å². The summed E-state index contributed by atoms with van der Waals surface area (Å²) >= 11 is 1.72. The number of hydrogen-bond acceptors (Lipinski definition) is 3. The maximum atomic E-state index is 4.43. The molecule has 0 bridgehead atoms. The van der Waals surface area contributed by atoms with Crippen LogP contribution in [0.1, 0.15) is 39.2 Å². The summed E-state index contributed by atoms with van der Waals surface area (Å²) in [6.07, 6.45) is 1.96. The predicted molar refractivity (Wildman–Crippen MR) is 85.0 cm³/mol. The molecule has 0 aliphatic carbocycles. The van der Waals surface area contributed by atoms with Crippen molar-refractivity contribution >= 4 is 16.5 Å². The summed E-state index contributed by atoms with van der Waals surface area (Å²) in [7, 11) is 0. The summed E-state index contributed by atoms with van der Waals surface area (Å²) in [6.45, 7) is 9.81. The lowest BCUT2D eigenvalue weighted by Gasteiger charge is -2.05. The molecule has 0 saturated carbocycles. The third-order valence-corrected chi connectivity index (χ3v) is 4.03. The fourth-order valence-corrected chi connectivity index (χ4v) is 2.64. The van der Waals surface area contributed by atoms with Gasteiger partial charge in [-0.2, -0.15) is 0 Å². The van der Waals surface area contributed by atoms with Gasteiger partial charge >= 0.3 is 0 Å². The van der Waals surface area contributed by atoms with Crippen LogP contribution in [0.3, 0.4) is 0 Å². The number of hydrogen-bond donors (Lipinski definition) is 1. The van der Waals surface area contributed by atoms with Gasteiger partial charge in [-0.15, -0.1) is 0 Å². The van der Waals surface area contributed by atoms with Crippen molar-refractivity contribution in [2.45, 2.75) is 33.6 Å². The van der Waals surface area contributed by atoms with Gasteiger partial charge in [0.05, 0.1) is 4.88 Å². The van der Waals surface area contributed by atoms with E-state index in [0.29, 0.717) is 11.8 Å². The van der Waals surface area contributed by atoms with Crippen molar-refractivity contribution in [1.82, 2.24) is 4.98 Å². The maximum Gasteiger partial charge on any atom is 0.183 e. The minimum atomic E-state index is 0.582. The van der Waals surface area contributed by atoms with Crippen LogP contribution in [0, 0.1) is 5.92 Å². The summed E-state index contributed by atoms with van der Waals surface area (Å²) in [4.78, 5) is 5.65. The minimum absolute atomic E-state index is 0.582. The lowest BCUT2D eigenvalue weighted by molar-refractivity contribution is 0.688. The van der Waals surface area contributed by atoms with E-state index >= 15 is 0 Å². The molecule has 0 atom stereocenters. The van der Waals surface area contributed by atoms with Crippen molar-refractivity contribution in [3.63, 3.8) is 0 Å². The molecule has 0 aliphatic rings. The number of thiazole rings is 1. The Balaban J connectivity index is 2.09. The average molecular weight is 274 g/mol. The van der Waals surface area contributed by atoms with E-state index in [9.17, 15) is 0 Å². The van der Waals surface area contributed by atoms with E-state index in [4.69, 9.17) is 0 Å². The van der Waals surface area contributed by atoms with Crippen LogP contribution in [-0.2, 0) is 0 Å². The third kappa shape index (κ3) is 3.80. The normalized spacial score (nSPS) is 11.3. The molecular weight excluding hydrogens is 252 g/mol. The van der Waals surface area contributed by atoms with E-state index in [1.807, 2.05) is 6.20 Å². The summed E-state index contributed by atoms with van der Waals surface area (Å²) in [5, 5.41) is 4.38. The fraction of sp³-hybridized carbons (Fsp3) is 0.438. The smallest absolute Gasteiger partial charge is 0.183 e. The van der Waals surface area contributed by atoms with Gasteiger partial charge in [-0.1, -0.05) is 63.3 Å². The number of benzene rings is 1. The van der Waals surface area contributed by atoms with Gasteiger partial charge in [0, 0.05) is 12.7 Å². The zero-order valence-electron chi connectivity index (χ0n) is 12.1. The van der Waals surface area contributed by atoms with Crippen molar-refractivity contribution in [2.24, 2.45) is 5.92 Å². The second-order valence-corrected chi connectivity index (χ2v) is 6.61. The molecule has 102 valence electrons. The largest absolute Gasteiger partial charge is 0.361 e. The van der Waals surface area contributed by atoms with E-state index < -0.39 is 0 Å². The highest BCUT2D eigenvalue weighted by Gasteiger charge is 2.05. The average Bonchev–Trinajstić information content (AvgIpc) is 2.85. The first kappa shape index (κ1) is 14.1. The van der Waals surface area contributed by atoms with Gasteiger partial charge < -0.3 is 5.32 Å². The molecule has 2 nitrogen and oxygen atoms in total. The summed E-state index contributed by atoms with van der Waals surface area (Å²) in [6, 6.07) is 8.80. The highest BCUT2D eigenvalue weighted by molar-refractivity contribution is 7.18. The van der Waals surface area contributed by atoms with Crippen LogP contribution in [0.25, 0.3) is 10.4 Å². The zero-order valence-corrected chi connectivity index (χ0v) is 12.9. The predicted octanol–water partition coefficient (Wildman–Crippen LogP) is 5.00. The Morgan fingerprint density at radius 3 is 2.37 bits per heavy atom. The van der Waals surface area contributed by atoms with E-state index in [2.05, 4.69) is 62.3 Å². The van der Waals surface area contributed by atoms with Gasteiger partial charge in [-0.25, -0.2) is 4.98 Å². The second kappa shape index (κ2) is 6.20. The number of aromatic nitrogens is 1. The molecule has 0 spiro atoms. The van der Waals surface area contributed by atoms with Gasteiger partial charge in [-0.3, -0.25) is 0 Å². The Kier molecular flexibility index (Phi) is 4.59. The van der Waals surface area contributed by atoms with Gasteiger partial charge in [0.25, 0.3) is 0 Å². The van der Waals surface area contributed by atoms with Crippen molar-refractivity contribution < 1.29 is 0 Å². The molecule has 0 radical (unpaired) electrons. The molecule has 0 aliphatic heterocycles. The molecule has 1 aromatic heterocycles. The van der Waals surface area contributed by atoms with Crippen molar-refractivity contribution in [3.05, 3.63) is 36.0 Å². The molecule has 1 N–H and O–H groups in total. The minimum Gasteiger partial charge on any atom is -0.361 e. The van der Waals surface area contributed by atoms with Crippen LogP contribution in [0.2, 0.25) is 0 Å². The fourth-order valence-electron chi connectivity index (χ4n) is 1.81. The number of rotatable bonds is 5. The van der Waals surface area contributed by atoms with Crippen LogP contribution in [0.5, 0.6) is 0 Å². The third-order valence-electron chi connectivity index (χ3n) is 3.03. The molecular formula is C16H22N2S. The van der Waals surface area contributed by atoms with Gasteiger partial charge in [0.15, 0.2) is 5.13 Å². The van der Waals surface area contributed by atoms with Crippen LogP contribution >= 0.6 is 11.3 Å². The Morgan fingerprint density at radius 1 is 1.11 bits per heavy atom. The molecule has 1 heterocycles. The lowest BCUT2D eigenvalue weighted by Crippen LogP contribution is -2.07. The molecule has 2 rings (SSSR count). The zero-order chi connectivity index (χ0) is 13.8. The number of anilines is 1. The topological polar surface area (TPSA) is 24.9 Å². The summed E-state index contributed by atoms with van der Waals surface area (Å²) in [5.74, 6) is 1.22. The van der Waals surface area contributed by atoms with Crippen LogP contribution in [-0.4, -0.2) is 11.5 Å². The highest BCUT2D eigenvalue weighted by Crippen LogP contribution is 2.30. The maximum absolute atomic E-state index is 4.43. The molecule has 0 fully saturated rings. The lowest BCUT2D eigenvalue weighted by atomic mass is 10.0. The SMILES string of the molecule is CC(C)CNc1ncc(-c2ccc(C(C)C)cc2)s1. The number of nitrogens with one attached hydrogen (secondary N) is 1. The standard InChI is InChI=1S/C16H22N2S/c1-11(2)9-17-16-18-10-15(19-16)14-7-5-13(6-8-14)12(3)4/h5-8,10-12H,9H2,1-4H3,(H,17,18). The van der Waals surface area contributed by atoms with Crippen molar-refractivity contribution in [1.29, 1.82) is 0 Å². The van der Waals surface area contributed by atoms with E-state index in [0.717, 1.165) is 11.7 Å². The van der Waals surface area contributed by atoms with E-state index in [1.165, 1.54) is 16.0 Å². The number of nitrogens with zero attached hydrogens (tertiary/aromatic N) is 1. The molecule has 0 amide bonds. The van der Waals surface area contributed by atoms with Crippen LogP contribution in [0.4, 0.5) is 5.13 Å². The Hall–Kier alpha value is -1.35. The molecule has 0 saturated heterocycles. The van der Waals surface area contributed by atoms with Gasteiger partial charge in [0.1, 0.15) is 0 Å². The highest BCUT2D eigenvalue weighted by atomic mass is 32.1.